The summed E-state index contributed by atoms with van der Waals surface area (Å²) in [5, 5.41) is 31.7. The molecule has 0 radical (unpaired) electrons. The third kappa shape index (κ3) is 5.86. The molecule has 1 N–H and O–H groups in total. The van der Waals surface area contributed by atoms with Crippen LogP contribution < -0.4 is 10.1 Å². The van der Waals surface area contributed by atoms with Crippen molar-refractivity contribution in [2.45, 2.75) is 18.7 Å². The number of benzene rings is 3. The summed E-state index contributed by atoms with van der Waals surface area (Å²) in [5.74, 6) is 0.899. The van der Waals surface area contributed by atoms with Gasteiger partial charge in [0.2, 0.25) is 5.91 Å². The van der Waals surface area contributed by atoms with Gasteiger partial charge in [0.05, 0.1) is 22.3 Å². The molecule has 0 atom stereocenters. The minimum absolute atomic E-state index is 0.0356. The van der Waals surface area contributed by atoms with Crippen molar-refractivity contribution >= 4 is 29.0 Å². The Balaban J connectivity index is 1.47. The van der Waals surface area contributed by atoms with Crippen LogP contribution in [0, 0.1) is 28.4 Å². The predicted molar refractivity (Wildman–Crippen MR) is 134 cm³/mol. The molecule has 4 rings (SSSR count). The van der Waals surface area contributed by atoms with E-state index in [-0.39, 0.29) is 24.0 Å². The summed E-state index contributed by atoms with van der Waals surface area (Å²) in [6, 6.07) is 22.6. The first-order valence-electron chi connectivity index (χ1n) is 10.7. The Labute approximate surface area is 210 Å². The van der Waals surface area contributed by atoms with Crippen molar-refractivity contribution in [1.82, 2.24) is 14.8 Å². The number of nitro groups is 1. The van der Waals surface area contributed by atoms with Crippen molar-refractivity contribution in [1.29, 1.82) is 5.26 Å². The van der Waals surface area contributed by atoms with E-state index in [1.807, 2.05) is 34.9 Å². The van der Waals surface area contributed by atoms with Crippen molar-refractivity contribution < 1.29 is 14.5 Å². The molecule has 180 valence electrons. The Hall–Kier alpha value is -4.69. The average molecular weight is 501 g/mol. The molecule has 10 nitrogen and oxygen atoms in total. The second-order valence-electron chi connectivity index (χ2n) is 7.59. The molecule has 0 aliphatic heterocycles. The fourth-order valence-corrected chi connectivity index (χ4v) is 4.09. The van der Waals surface area contributed by atoms with Crippen molar-refractivity contribution in [3.8, 4) is 17.5 Å². The van der Waals surface area contributed by atoms with Gasteiger partial charge in [0.25, 0.3) is 5.69 Å². The molecule has 1 amide bonds. The van der Waals surface area contributed by atoms with Crippen molar-refractivity contribution in [2.75, 3.05) is 11.1 Å². The lowest BCUT2D eigenvalue weighted by Crippen LogP contribution is -2.15. The van der Waals surface area contributed by atoms with Crippen LogP contribution in [0.2, 0.25) is 0 Å². The summed E-state index contributed by atoms with van der Waals surface area (Å²) in [5.41, 5.74) is 2.42. The number of nitrogens with one attached hydrogen (secondary N) is 1. The number of para-hydroxylation sites is 1. The molecule has 0 aliphatic rings. The molecule has 11 heteroatoms. The van der Waals surface area contributed by atoms with Crippen LogP contribution in [-0.4, -0.2) is 31.3 Å². The normalized spacial score (nSPS) is 10.4. The van der Waals surface area contributed by atoms with E-state index in [0.29, 0.717) is 33.5 Å². The third-order valence-corrected chi connectivity index (χ3v) is 6.02. The van der Waals surface area contributed by atoms with Gasteiger partial charge in [-0.15, -0.1) is 10.2 Å². The van der Waals surface area contributed by atoms with Gasteiger partial charge < -0.3 is 10.1 Å². The summed E-state index contributed by atoms with van der Waals surface area (Å²) in [6.45, 7) is 1.82. The molecule has 0 saturated heterocycles. The number of thioether (sulfide) groups is 1. The lowest BCUT2D eigenvalue weighted by Gasteiger charge is -2.11. The molecule has 0 saturated carbocycles. The van der Waals surface area contributed by atoms with E-state index in [2.05, 4.69) is 21.6 Å². The molecule has 0 aliphatic carbocycles. The number of amides is 1. The Morgan fingerprint density at radius 1 is 1.14 bits per heavy atom. The minimum Gasteiger partial charge on any atom is -0.486 e. The van der Waals surface area contributed by atoms with Gasteiger partial charge in [0, 0.05) is 23.5 Å². The van der Waals surface area contributed by atoms with E-state index in [4.69, 9.17) is 10.00 Å². The van der Waals surface area contributed by atoms with Crippen molar-refractivity contribution in [3.05, 3.63) is 99.9 Å². The highest BCUT2D eigenvalue weighted by Crippen LogP contribution is 2.25. The lowest BCUT2D eigenvalue weighted by molar-refractivity contribution is -0.384. The number of nitriles is 1. The number of ether oxygens (including phenoxy) is 1. The Bertz CT molecular complexity index is 1430. The first-order chi connectivity index (χ1) is 17.4. The summed E-state index contributed by atoms with van der Waals surface area (Å²) in [4.78, 5) is 23.1. The van der Waals surface area contributed by atoms with Crippen LogP contribution in [0.5, 0.6) is 5.75 Å². The number of carbonyl (C=O) groups excluding carboxylic acids is 1. The van der Waals surface area contributed by atoms with Crippen LogP contribution in [0.4, 0.5) is 11.4 Å². The maximum Gasteiger partial charge on any atom is 0.269 e. The molecule has 4 aromatic rings. The number of non-ortho nitro benzene ring substituents is 1. The van der Waals surface area contributed by atoms with E-state index in [1.165, 1.54) is 30.0 Å². The van der Waals surface area contributed by atoms with E-state index < -0.39 is 4.92 Å². The van der Waals surface area contributed by atoms with Gasteiger partial charge in [-0.1, -0.05) is 30.0 Å². The van der Waals surface area contributed by atoms with E-state index in [0.717, 1.165) is 5.69 Å². The molecule has 0 spiro atoms. The largest absolute Gasteiger partial charge is 0.486 e. The fourth-order valence-electron chi connectivity index (χ4n) is 3.32. The number of nitrogens with zero attached hydrogens (tertiary/aromatic N) is 5. The number of hydrogen-bond donors (Lipinski definition) is 1. The van der Waals surface area contributed by atoms with Gasteiger partial charge in [-0.05, 0) is 55.0 Å². The second-order valence-corrected chi connectivity index (χ2v) is 8.53. The number of nitro benzene ring substituents is 1. The summed E-state index contributed by atoms with van der Waals surface area (Å²) in [7, 11) is 0. The van der Waals surface area contributed by atoms with Crippen LogP contribution in [0.15, 0.2) is 78.0 Å². The van der Waals surface area contributed by atoms with Gasteiger partial charge in [-0.2, -0.15) is 5.26 Å². The van der Waals surface area contributed by atoms with Crippen molar-refractivity contribution in [3.63, 3.8) is 0 Å². The van der Waals surface area contributed by atoms with E-state index in [1.54, 1.807) is 31.2 Å². The zero-order valence-corrected chi connectivity index (χ0v) is 19.9. The van der Waals surface area contributed by atoms with Gasteiger partial charge in [-0.3, -0.25) is 19.5 Å². The molecule has 0 fully saturated rings. The molecule has 36 heavy (non-hydrogen) atoms. The molecule has 1 aromatic heterocycles. The van der Waals surface area contributed by atoms with Crippen molar-refractivity contribution in [2.24, 2.45) is 0 Å². The summed E-state index contributed by atoms with van der Waals surface area (Å²) < 4.78 is 7.66. The molecule has 3 aromatic carbocycles. The van der Waals surface area contributed by atoms with Gasteiger partial charge in [0.1, 0.15) is 12.4 Å². The Kier molecular flexibility index (Phi) is 7.57. The zero-order valence-electron chi connectivity index (χ0n) is 19.1. The standard InChI is InChI=1S/C25H20N6O4S/c1-17-13-20(31(33)34)9-12-22(17)27-24(32)16-36-25-29-28-23(30(25)19-5-3-2-4-6-19)15-35-21-10-7-18(14-26)8-11-21/h2-13H,15-16H2,1H3,(H,27,32). The lowest BCUT2D eigenvalue weighted by atomic mass is 10.2. The predicted octanol–water partition coefficient (Wildman–Crippen LogP) is 4.67. The maximum atomic E-state index is 12.6. The average Bonchev–Trinajstić information content (AvgIpc) is 3.31. The first-order valence-corrected chi connectivity index (χ1v) is 11.7. The third-order valence-electron chi connectivity index (χ3n) is 5.09. The second kappa shape index (κ2) is 11.2. The highest BCUT2D eigenvalue weighted by Gasteiger charge is 2.17. The fraction of sp³-hybridized carbons (Fsp3) is 0.120. The first kappa shape index (κ1) is 24.4. The highest BCUT2D eigenvalue weighted by molar-refractivity contribution is 7.99. The van der Waals surface area contributed by atoms with Crippen LogP contribution in [0.3, 0.4) is 0 Å². The van der Waals surface area contributed by atoms with Crippen LogP contribution in [-0.2, 0) is 11.4 Å². The number of aryl methyl sites for hydroxylation is 1. The zero-order chi connectivity index (χ0) is 25.5. The molecular formula is C25H20N6O4S. The quantitative estimate of drug-likeness (QED) is 0.199. The van der Waals surface area contributed by atoms with E-state index in [9.17, 15) is 14.9 Å². The molecular weight excluding hydrogens is 480 g/mol. The molecule has 1 heterocycles. The van der Waals surface area contributed by atoms with E-state index >= 15 is 0 Å². The number of carbonyl (C=O) groups is 1. The van der Waals surface area contributed by atoms with Crippen LogP contribution >= 0.6 is 11.8 Å². The maximum absolute atomic E-state index is 12.6. The number of aromatic nitrogens is 3. The smallest absolute Gasteiger partial charge is 0.269 e. The van der Waals surface area contributed by atoms with Crippen LogP contribution in [0.25, 0.3) is 5.69 Å². The SMILES string of the molecule is Cc1cc([N+](=O)[O-])ccc1NC(=O)CSc1nnc(COc2ccc(C#N)cc2)n1-c1ccccc1. The molecule has 0 unspecified atom stereocenters. The number of anilines is 1. The highest BCUT2D eigenvalue weighted by atomic mass is 32.2. The van der Waals surface area contributed by atoms with Gasteiger partial charge in [0.15, 0.2) is 11.0 Å². The Morgan fingerprint density at radius 2 is 1.89 bits per heavy atom. The number of hydrogen-bond acceptors (Lipinski definition) is 8. The van der Waals surface area contributed by atoms with Gasteiger partial charge >= 0.3 is 0 Å². The molecule has 0 bridgehead atoms. The Morgan fingerprint density at radius 3 is 2.56 bits per heavy atom. The summed E-state index contributed by atoms with van der Waals surface area (Å²) >= 11 is 1.21. The minimum atomic E-state index is -0.479. The topological polar surface area (TPSA) is 136 Å². The van der Waals surface area contributed by atoms with Gasteiger partial charge in [-0.25, -0.2) is 0 Å². The number of rotatable bonds is 9. The van der Waals surface area contributed by atoms with Crippen LogP contribution in [0.1, 0.15) is 17.0 Å². The summed E-state index contributed by atoms with van der Waals surface area (Å²) in [6.07, 6.45) is 0. The monoisotopic (exact) mass is 500 g/mol.